The maximum Gasteiger partial charge on any atom is 0.248 e. The van der Waals surface area contributed by atoms with Gasteiger partial charge < -0.3 is 9.80 Å². The predicted octanol–water partition coefficient (Wildman–Crippen LogP) is 3.03. The van der Waals surface area contributed by atoms with E-state index in [-0.39, 0.29) is 43.6 Å². The molecule has 1 atom stereocenters. The number of hydrogen-bond acceptors (Lipinski definition) is 4. The number of carbonyl (C=O) groups is 1. The Balaban J connectivity index is 1.71. The highest BCUT2D eigenvalue weighted by Gasteiger charge is 2.41. The zero-order chi connectivity index (χ0) is 18.0. The largest absolute Gasteiger partial charge is 0.332 e. The van der Waals surface area contributed by atoms with Crippen LogP contribution in [0, 0.1) is 5.92 Å². The molecular formula is C18H26F2N4O. The van der Waals surface area contributed by atoms with E-state index in [0.29, 0.717) is 18.9 Å². The molecular weight excluding hydrogens is 326 g/mol. The number of carbonyl (C=O) groups excluding carboxylic acids is 1. The van der Waals surface area contributed by atoms with Gasteiger partial charge in [0.05, 0.1) is 11.7 Å². The summed E-state index contributed by atoms with van der Waals surface area (Å²) in [5.74, 6) is -2.22. The summed E-state index contributed by atoms with van der Waals surface area (Å²) in [6.45, 7) is 1.38. The van der Waals surface area contributed by atoms with E-state index >= 15 is 0 Å². The first-order valence-corrected chi connectivity index (χ1v) is 9.00. The Hall–Kier alpha value is -1.63. The monoisotopic (exact) mass is 352 g/mol. The van der Waals surface area contributed by atoms with Crippen LogP contribution in [0.5, 0.6) is 0 Å². The van der Waals surface area contributed by atoms with Gasteiger partial charge in [0, 0.05) is 38.0 Å². The number of rotatable bonds is 4. The molecule has 5 nitrogen and oxygen atoms in total. The Bertz CT molecular complexity index is 613. The van der Waals surface area contributed by atoms with Crippen molar-refractivity contribution in [1.29, 1.82) is 0 Å². The highest BCUT2D eigenvalue weighted by atomic mass is 19.3. The second kappa shape index (κ2) is 7.32. The Morgan fingerprint density at radius 3 is 2.72 bits per heavy atom. The zero-order valence-electron chi connectivity index (χ0n) is 14.9. The topological polar surface area (TPSA) is 49.3 Å². The first-order valence-electron chi connectivity index (χ1n) is 9.00. The average Bonchev–Trinajstić information content (AvgIpc) is 3.03. The minimum Gasteiger partial charge on any atom is -0.332 e. The number of halogens is 2. The van der Waals surface area contributed by atoms with E-state index in [9.17, 15) is 13.6 Å². The van der Waals surface area contributed by atoms with Crippen molar-refractivity contribution in [2.75, 3.05) is 20.6 Å². The lowest BCUT2D eigenvalue weighted by Gasteiger charge is -2.32. The van der Waals surface area contributed by atoms with Crippen molar-refractivity contribution in [3.05, 3.63) is 23.8 Å². The van der Waals surface area contributed by atoms with E-state index in [1.807, 2.05) is 30.0 Å². The maximum absolute atomic E-state index is 13.4. The first kappa shape index (κ1) is 18.2. The molecule has 1 aliphatic carbocycles. The van der Waals surface area contributed by atoms with Crippen LogP contribution < -0.4 is 0 Å². The van der Waals surface area contributed by atoms with E-state index in [1.54, 1.807) is 6.20 Å². The summed E-state index contributed by atoms with van der Waals surface area (Å²) in [4.78, 5) is 25.7. The second-order valence-electron chi connectivity index (χ2n) is 7.46. The Morgan fingerprint density at radius 2 is 2.04 bits per heavy atom. The first-order chi connectivity index (χ1) is 11.9. The van der Waals surface area contributed by atoms with Gasteiger partial charge in [0.2, 0.25) is 11.8 Å². The Morgan fingerprint density at radius 1 is 1.32 bits per heavy atom. The standard InChI is InChI=1S/C18H26F2N4O/c1-23(2)12-14-7-10-21-16(22-14)15-4-3-11-24(15)17(25)13-5-8-18(19,20)9-6-13/h7,10,13,15H,3-6,8-9,11-12H2,1-2H3. The van der Waals surface area contributed by atoms with Crippen LogP contribution >= 0.6 is 0 Å². The van der Waals surface area contributed by atoms with Gasteiger partial charge in [-0.1, -0.05) is 0 Å². The van der Waals surface area contributed by atoms with Gasteiger partial charge in [-0.3, -0.25) is 4.79 Å². The average molecular weight is 352 g/mol. The normalized spacial score (nSPS) is 24.0. The number of hydrogen-bond donors (Lipinski definition) is 0. The van der Waals surface area contributed by atoms with Crippen molar-refractivity contribution in [3.8, 4) is 0 Å². The summed E-state index contributed by atoms with van der Waals surface area (Å²) >= 11 is 0. The lowest BCUT2D eigenvalue weighted by Crippen LogP contribution is -2.39. The zero-order valence-corrected chi connectivity index (χ0v) is 14.9. The number of amides is 1. The van der Waals surface area contributed by atoms with Crippen LogP contribution in [0.3, 0.4) is 0 Å². The van der Waals surface area contributed by atoms with Crippen molar-refractivity contribution in [3.63, 3.8) is 0 Å². The van der Waals surface area contributed by atoms with E-state index < -0.39 is 5.92 Å². The van der Waals surface area contributed by atoms with Crippen LogP contribution in [0.1, 0.15) is 56.1 Å². The summed E-state index contributed by atoms with van der Waals surface area (Å²) in [7, 11) is 3.96. The molecule has 1 saturated heterocycles. The van der Waals surface area contributed by atoms with Gasteiger partial charge in [-0.25, -0.2) is 18.7 Å². The van der Waals surface area contributed by atoms with Crippen molar-refractivity contribution >= 4 is 5.91 Å². The van der Waals surface area contributed by atoms with E-state index in [4.69, 9.17) is 0 Å². The molecule has 2 fully saturated rings. The van der Waals surface area contributed by atoms with Gasteiger partial charge >= 0.3 is 0 Å². The number of aromatic nitrogens is 2. The minimum absolute atomic E-state index is 0.000359. The molecule has 138 valence electrons. The highest BCUT2D eigenvalue weighted by molar-refractivity contribution is 5.79. The molecule has 1 amide bonds. The van der Waals surface area contributed by atoms with Gasteiger partial charge in [0.25, 0.3) is 0 Å². The summed E-state index contributed by atoms with van der Waals surface area (Å²) in [6, 6.07) is 1.76. The van der Waals surface area contributed by atoms with E-state index in [1.165, 1.54) is 0 Å². The van der Waals surface area contributed by atoms with Crippen molar-refractivity contribution in [1.82, 2.24) is 19.8 Å². The minimum atomic E-state index is -2.61. The molecule has 2 aliphatic rings. The number of alkyl halides is 2. The smallest absolute Gasteiger partial charge is 0.248 e. The molecule has 0 N–H and O–H groups in total. The molecule has 1 aromatic rings. The van der Waals surface area contributed by atoms with Crippen molar-refractivity contribution in [2.24, 2.45) is 5.92 Å². The van der Waals surface area contributed by atoms with Gasteiger partial charge in [-0.15, -0.1) is 0 Å². The SMILES string of the molecule is CN(C)Cc1ccnc(C2CCCN2C(=O)C2CCC(F)(F)CC2)n1. The molecule has 1 saturated carbocycles. The fourth-order valence-electron chi connectivity index (χ4n) is 3.81. The van der Waals surface area contributed by atoms with Crippen LogP contribution in [0.4, 0.5) is 8.78 Å². The van der Waals surface area contributed by atoms with Crippen LogP contribution in [0.15, 0.2) is 12.3 Å². The summed E-state index contributed by atoms with van der Waals surface area (Å²) in [5, 5.41) is 0. The molecule has 2 heterocycles. The lowest BCUT2D eigenvalue weighted by atomic mass is 9.85. The fraction of sp³-hybridized carbons (Fsp3) is 0.722. The second-order valence-corrected chi connectivity index (χ2v) is 7.46. The lowest BCUT2D eigenvalue weighted by molar-refractivity contribution is -0.140. The molecule has 1 unspecified atom stereocenters. The van der Waals surface area contributed by atoms with Crippen LogP contribution in [0.2, 0.25) is 0 Å². The third-order valence-corrected chi connectivity index (χ3v) is 5.11. The Kier molecular flexibility index (Phi) is 5.32. The van der Waals surface area contributed by atoms with Crippen LogP contribution in [-0.4, -0.2) is 52.2 Å². The third-order valence-electron chi connectivity index (χ3n) is 5.11. The molecule has 25 heavy (non-hydrogen) atoms. The van der Waals surface area contributed by atoms with Crippen molar-refractivity contribution in [2.45, 2.75) is 57.0 Å². The molecule has 3 rings (SSSR count). The fourth-order valence-corrected chi connectivity index (χ4v) is 3.81. The molecule has 0 radical (unpaired) electrons. The molecule has 0 aromatic carbocycles. The summed E-state index contributed by atoms with van der Waals surface area (Å²) in [6.07, 6.45) is 3.66. The van der Waals surface area contributed by atoms with Crippen LogP contribution in [0.25, 0.3) is 0 Å². The summed E-state index contributed by atoms with van der Waals surface area (Å²) in [5.41, 5.74) is 0.923. The quantitative estimate of drug-likeness (QED) is 0.836. The molecule has 0 spiro atoms. The Labute approximate surface area is 147 Å². The molecule has 1 aliphatic heterocycles. The predicted molar refractivity (Wildman–Crippen MR) is 90.0 cm³/mol. The van der Waals surface area contributed by atoms with E-state index in [0.717, 1.165) is 18.5 Å². The van der Waals surface area contributed by atoms with Gasteiger partial charge in [-0.05, 0) is 45.8 Å². The van der Waals surface area contributed by atoms with Gasteiger partial charge in [0.15, 0.2) is 5.82 Å². The molecule has 1 aromatic heterocycles. The molecule has 0 bridgehead atoms. The van der Waals surface area contributed by atoms with Crippen LogP contribution in [-0.2, 0) is 11.3 Å². The van der Waals surface area contributed by atoms with Gasteiger partial charge in [-0.2, -0.15) is 0 Å². The number of likely N-dealkylation sites (tertiary alicyclic amines) is 1. The van der Waals surface area contributed by atoms with Gasteiger partial charge in [0.1, 0.15) is 0 Å². The highest BCUT2D eigenvalue weighted by Crippen LogP contribution is 2.39. The van der Waals surface area contributed by atoms with E-state index in [2.05, 4.69) is 9.97 Å². The summed E-state index contributed by atoms with van der Waals surface area (Å²) < 4.78 is 26.7. The molecule has 7 heteroatoms. The van der Waals surface area contributed by atoms with Crippen molar-refractivity contribution < 1.29 is 13.6 Å². The third kappa shape index (κ3) is 4.32. The number of nitrogens with zero attached hydrogens (tertiary/aromatic N) is 4. The maximum atomic E-state index is 13.4.